The Morgan fingerprint density at radius 1 is 1.38 bits per heavy atom. The normalized spacial score (nSPS) is 12.5. The standard InChI is InChI=1S/C11H22N2O3/c1-4-6-7-12-10(14)8-13(3)9(5-2)11(15)16/h9H,4-8H2,1-3H3,(H,12,14)(H,15,16). The van der Waals surface area contributed by atoms with Crippen LogP contribution >= 0.6 is 0 Å². The lowest BCUT2D eigenvalue weighted by Crippen LogP contribution is -2.44. The summed E-state index contributed by atoms with van der Waals surface area (Å²) in [5.74, 6) is -0.998. The summed E-state index contributed by atoms with van der Waals surface area (Å²) in [7, 11) is 1.65. The van der Waals surface area contributed by atoms with E-state index in [1.807, 2.05) is 0 Å². The number of nitrogens with zero attached hydrogens (tertiary/aromatic N) is 1. The molecule has 0 aliphatic rings. The molecule has 0 aromatic carbocycles. The van der Waals surface area contributed by atoms with E-state index in [1.54, 1.807) is 18.9 Å². The van der Waals surface area contributed by atoms with E-state index in [4.69, 9.17) is 5.11 Å². The number of carboxylic acids is 1. The molecule has 0 aromatic heterocycles. The van der Waals surface area contributed by atoms with Gasteiger partial charge in [-0.25, -0.2) is 0 Å². The Kier molecular flexibility index (Phi) is 7.54. The lowest BCUT2D eigenvalue weighted by molar-refractivity contribution is -0.143. The Morgan fingerprint density at radius 2 is 2.00 bits per heavy atom. The van der Waals surface area contributed by atoms with Gasteiger partial charge in [0, 0.05) is 6.54 Å². The summed E-state index contributed by atoms with van der Waals surface area (Å²) >= 11 is 0. The molecule has 0 spiro atoms. The Hall–Kier alpha value is -1.10. The molecular weight excluding hydrogens is 208 g/mol. The van der Waals surface area contributed by atoms with Crippen LogP contribution in [-0.4, -0.2) is 48.1 Å². The topological polar surface area (TPSA) is 69.6 Å². The zero-order valence-corrected chi connectivity index (χ0v) is 10.3. The Bertz CT molecular complexity index is 231. The summed E-state index contributed by atoms with van der Waals surface area (Å²) in [6, 6.07) is -0.586. The third-order valence-corrected chi connectivity index (χ3v) is 2.45. The largest absolute Gasteiger partial charge is 0.480 e. The van der Waals surface area contributed by atoms with E-state index in [0.717, 1.165) is 12.8 Å². The van der Waals surface area contributed by atoms with E-state index in [2.05, 4.69) is 12.2 Å². The van der Waals surface area contributed by atoms with Gasteiger partial charge in [0.15, 0.2) is 0 Å². The van der Waals surface area contributed by atoms with Crippen molar-refractivity contribution in [3.05, 3.63) is 0 Å². The van der Waals surface area contributed by atoms with Gasteiger partial charge in [0.25, 0.3) is 0 Å². The lowest BCUT2D eigenvalue weighted by Gasteiger charge is -2.22. The minimum absolute atomic E-state index is 0.115. The fourth-order valence-electron chi connectivity index (χ4n) is 1.47. The number of aliphatic carboxylic acids is 1. The lowest BCUT2D eigenvalue weighted by atomic mass is 10.2. The molecule has 1 atom stereocenters. The first-order valence-electron chi connectivity index (χ1n) is 5.72. The molecule has 0 heterocycles. The quantitative estimate of drug-likeness (QED) is 0.602. The molecule has 0 radical (unpaired) electrons. The smallest absolute Gasteiger partial charge is 0.320 e. The number of carbonyl (C=O) groups excluding carboxylic acids is 1. The monoisotopic (exact) mass is 230 g/mol. The summed E-state index contributed by atoms with van der Waals surface area (Å²) in [4.78, 5) is 23.8. The average molecular weight is 230 g/mol. The van der Waals surface area contributed by atoms with Crippen LogP contribution in [0.4, 0.5) is 0 Å². The fraction of sp³-hybridized carbons (Fsp3) is 0.818. The van der Waals surface area contributed by atoms with Crippen molar-refractivity contribution in [3.63, 3.8) is 0 Å². The van der Waals surface area contributed by atoms with Gasteiger partial charge in [-0.05, 0) is 19.9 Å². The molecule has 0 saturated heterocycles. The Balaban J connectivity index is 3.97. The van der Waals surface area contributed by atoms with Crippen molar-refractivity contribution in [2.45, 2.75) is 39.2 Å². The summed E-state index contributed by atoms with van der Waals surface area (Å²) in [6.07, 6.45) is 2.47. The predicted molar refractivity (Wildman–Crippen MR) is 62.3 cm³/mol. The second-order valence-electron chi connectivity index (χ2n) is 3.88. The van der Waals surface area contributed by atoms with Gasteiger partial charge in [-0.3, -0.25) is 14.5 Å². The SMILES string of the molecule is CCCCNC(=O)CN(C)C(CC)C(=O)O. The summed E-state index contributed by atoms with van der Waals surface area (Å²) in [6.45, 7) is 4.64. The number of hydrogen-bond acceptors (Lipinski definition) is 3. The number of nitrogens with one attached hydrogen (secondary N) is 1. The van der Waals surface area contributed by atoms with Gasteiger partial charge in [-0.1, -0.05) is 20.3 Å². The van der Waals surface area contributed by atoms with E-state index in [-0.39, 0.29) is 12.5 Å². The molecule has 0 aliphatic heterocycles. The van der Waals surface area contributed by atoms with Gasteiger partial charge in [-0.2, -0.15) is 0 Å². The van der Waals surface area contributed by atoms with Crippen LogP contribution < -0.4 is 5.32 Å². The molecule has 16 heavy (non-hydrogen) atoms. The predicted octanol–water partition coefficient (Wildman–Crippen LogP) is 0.698. The van der Waals surface area contributed by atoms with Crippen molar-refractivity contribution in [3.8, 4) is 0 Å². The number of carboxylic acid groups (broad SMARTS) is 1. The molecule has 0 fully saturated rings. The van der Waals surface area contributed by atoms with Gasteiger partial charge < -0.3 is 10.4 Å². The van der Waals surface area contributed by atoms with Crippen LogP contribution in [0.1, 0.15) is 33.1 Å². The number of carbonyl (C=O) groups is 2. The van der Waals surface area contributed by atoms with Gasteiger partial charge in [0.2, 0.25) is 5.91 Å². The van der Waals surface area contributed by atoms with E-state index >= 15 is 0 Å². The number of unbranched alkanes of at least 4 members (excludes halogenated alkanes) is 1. The Morgan fingerprint density at radius 3 is 2.44 bits per heavy atom. The van der Waals surface area contributed by atoms with Crippen LogP contribution in [0.15, 0.2) is 0 Å². The molecule has 2 N–H and O–H groups in total. The second kappa shape index (κ2) is 8.10. The molecule has 94 valence electrons. The van der Waals surface area contributed by atoms with Crippen molar-refractivity contribution in [1.82, 2.24) is 10.2 Å². The molecular formula is C11H22N2O3. The minimum atomic E-state index is -0.883. The third-order valence-electron chi connectivity index (χ3n) is 2.45. The molecule has 0 rings (SSSR count). The third kappa shape index (κ3) is 5.70. The van der Waals surface area contributed by atoms with Crippen molar-refractivity contribution in [1.29, 1.82) is 0 Å². The molecule has 1 amide bonds. The zero-order valence-electron chi connectivity index (χ0n) is 10.3. The number of amides is 1. The molecule has 0 aromatic rings. The highest BCUT2D eigenvalue weighted by Crippen LogP contribution is 2.01. The zero-order chi connectivity index (χ0) is 12.6. The van der Waals surface area contributed by atoms with Crippen LogP contribution in [-0.2, 0) is 9.59 Å². The van der Waals surface area contributed by atoms with Gasteiger partial charge in [-0.15, -0.1) is 0 Å². The van der Waals surface area contributed by atoms with Crippen molar-refractivity contribution in [2.24, 2.45) is 0 Å². The summed E-state index contributed by atoms with van der Waals surface area (Å²) in [5.41, 5.74) is 0. The van der Waals surface area contributed by atoms with E-state index in [1.165, 1.54) is 0 Å². The second-order valence-corrected chi connectivity index (χ2v) is 3.88. The van der Waals surface area contributed by atoms with Crippen molar-refractivity contribution < 1.29 is 14.7 Å². The molecule has 0 bridgehead atoms. The number of likely N-dealkylation sites (N-methyl/N-ethyl adjacent to an activating group) is 1. The van der Waals surface area contributed by atoms with Gasteiger partial charge in [0.1, 0.15) is 6.04 Å². The fourth-order valence-corrected chi connectivity index (χ4v) is 1.47. The van der Waals surface area contributed by atoms with Gasteiger partial charge >= 0.3 is 5.97 Å². The van der Waals surface area contributed by atoms with Crippen LogP contribution in [0, 0.1) is 0 Å². The first-order valence-corrected chi connectivity index (χ1v) is 5.72. The molecule has 5 heteroatoms. The van der Waals surface area contributed by atoms with Crippen LogP contribution in [0.5, 0.6) is 0 Å². The maximum Gasteiger partial charge on any atom is 0.320 e. The molecule has 0 aliphatic carbocycles. The Labute approximate surface area is 96.8 Å². The maximum absolute atomic E-state index is 11.4. The van der Waals surface area contributed by atoms with Crippen LogP contribution in [0.3, 0.4) is 0 Å². The minimum Gasteiger partial charge on any atom is -0.480 e. The first-order chi connectivity index (χ1) is 7.52. The highest BCUT2D eigenvalue weighted by molar-refractivity contribution is 5.79. The van der Waals surface area contributed by atoms with E-state index < -0.39 is 12.0 Å². The number of hydrogen-bond donors (Lipinski definition) is 2. The van der Waals surface area contributed by atoms with Crippen molar-refractivity contribution in [2.75, 3.05) is 20.1 Å². The summed E-state index contributed by atoms with van der Waals surface area (Å²) in [5, 5.41) is 11.7. The summed E-state index contributed by atoms with van der Waals surface area (Å²) < 4.78 is 0. The maximum atomic E-state index is 11.4. The van der Waals surface area contributed by atoms with E-state index in [9.17, 15) is 9.59 Å². The highest BCUT2D eigenvalue weighted by Gasteiger charge is 2.21. The van der Waals surface area contributed by atoms with Crippen molar-refractivity contribution >= 4 is 11.9 Å². The van der Waals surface area contributed by atoms with E-state index in [0.29, 0.717) is 13.0 Å². The molecule has 1 unspecified atom stereocenters. The highest BCUT2D eigenvalue weighted by atomic mass is 16.4. The number of rotatable bonds is 8. The molecule has 0 saturated carbocycles. The van der Waals surface area contributed by atoms with Crippen LogP contribution in [0.2, 0.25) is 0 Å². The van der Waals surface area contributed by atoms with Gasteiger partial charge in [0.05, 0.1) is 6.54 Å². The first kappa shape index (κ1) is 14.9. The average Bonchev–Trinajstić information content (AvgIpc) is 2.18. The van der Waals surface area contributed by atoms with Crippen LogP contribution in [0.25, 0.3) is 0 Å². The molecule has 5 nitrogen and oxygen atoms in total.